The van der Waals surface area contributed by atoms with Crippen LogP contribution in [0.2, 0.25) is 0 Å². The highest BCUT2D eigenvalue weighted by Crippen LogP contribution is 2.21. The molecule has 2 unspecified atom stereocenters. The lowest BCUT2D eigenvalue weighted by Gasteiger charge is -2.38. The highest BCUT2D eigenvalue weighted by molar-refractivity contribution is 8.00. The van der Waals surface area contributed by atoms with Gasteiger partial charge < -0.3 is 9.80 Å². The molecule has 0 aromatic heterocycles. The summed E-state index contributed by atoms with van der Waals surface area (Å²) in [6, 6.07) is 6.21. The number of nitrogens with zero attached hydrogens (tertiary/aromatic N) is 3. The molecule has 2 amide bonds. The minimum Gasteiger partial charge on any atom is -0.341 e. The average Bonchev–Trinajstić information content (AvgIpc) is 2.67. The van der Waals surface area contributed by atoms with Crippen molar-refractivity contribution in [1.29, 1.82) is 0 Å². The third kappa shape index (κ3) is 5.95. The Morgan fingerprint density at radius 2 is 1.57 bits per heavy atom. The van der Waals surface area contributed by atoms with E-state index in [0.29, 0.717) is 37.2 Å². The fraction of sp³-hybridized carbons (Fsp3) is 0.619. The lowest BCUT2D eigenvalue weighted by atomic mass is 9.92. The lowest BCUT2D eigenvalue weighted by Crippen LogP contribution is -2.53. The van der Waals surface area contributed by atoms with E-state index in [2.05, 4.69) is 18.7 Å². The smallest absolute Gasteiger partial charge is 0.236 e. The van der Waals surface area contributed by atoms with Gasteiger partial charge in [-0.2, -0.15) is 0 Å². The molecule has 3 rings (SSSR count). The Morgan fingerprint density at radius 3 is 2.18 bits per heavy atom. The molecule has 0 radical (unpaired) electrons. The van der Waals surface area contributed by atoms with Gasteiger partial charge in [0, 0.05) is 44.2 Å². The maximum absolute atomic E-state index is 12.9. The van der Waals surface area contributed by atoms with Crippen molar-refractivity contribution in [3.8, 4) is 0 Å². The summed E-state index contributed by atoms with van der Waals surface area (Å²) in [6.45, 7) is 9.38. The van der Waals surface area contributed by atoms with Crippen LogP contribution in [-0.4, -0.2) is 78.1 Å². The van der Waals surface area contributed by atoms with Gasteiger partial charge in [0.15, 0.2) is 0 Å². The molecule has 1 aromatic carbocycles. The summed E-state index contributed by atoms with van der Waals surface area (Å²) in [5.74, 6) is 1.54. The second-order valence-electron chi connectivity index (χ2n) is 8.14. The summed E-state index contributed by atoms with van der Waals surface area (Å²) in [5, 5.41) is 0. The van der Waals surface area contributed by atoms with Crippen molar-refractivity contribution in [2.45, 2.75) is 25.2 Å². The first kappa shape index (κ1) is 21.1. The summed E-state index contributed by atoms with van der Waals surface area (Å²) in [7, 11) is 0. The van der Waals surface area contributed by atoms with E-state index in [1.54, 1.807) is 12.1 Å². The third-order valence-corrected chi connectivity index (χ3v) is 6.48. The van der Waals surface area contributed by atoms with E-state index in [0.717, 1.165) is 31.1 Å². The van der Waals surface area contributed by atoms with Gasteiger partial charge in [0.2, 0.25) is 11.8 Å². The number of likely N-dealkylation sites (tertiary alicyclic amines) is 1. The van der Waals surface area contributed by atoms with E-state index < -0.39 is 0 Å². The van der Waals surface area contributed by atoms with E-state index in [-0.39, 0.29) is 17.6 Å². The predicted octanol–water partition coefficient (Wildman–Crippen LogP) is 2.57. The molecule has 7 heteroatoms. The zero-order valence-electron chi connectivity index (χ0n) is 16.8. The van der Waals surface area contributed by atoms with Gasteiger partial charge in [0.1, 0.15) is 5.82 Å². The molecule has 0 N–H and O–H groups in total. The zero-order valence-corrected chi connectivity index (χ0v) is 17.6. The summed E-state index contributed by atoms with van der Waals surface area (Å²) >= 11 is 1.43. The summed E-state index contributed by atoms with van der Waals surface area (Å²) < 4.78 is 12.9. The van der Waals surface area contributed by atoms with Crippen LogP contribution in [-0.2, 0) is 9.59 Å². The first-order chi connectivity index (χ1) is 13.4. The number of hydrogen-bond acceptors (Lipinski definition) is 4. The van der Waals surface area contributed by atoms with Gasteiger partial charge in [-0.25, -0.2) is 4.39 Å². The lowest BCUT2D eigenvalue weighted by molar-refractivity contribution is -0.136. The van der Waals surface area contributed by atoms with Crippen LogP contribution in [0.1, 0.15) is 20.3 Å². The first-order valence-corrected chi connectivity index (χ1v) is 11.1. The highest BCUT2D eigenvalue weighted by atomic mass is 32.2. The van der Waals surface area contributed by atoms with Crippen molar-refractivity contribution in [2.75, 3.05) is 51.6 Å². The molecule has 2 aliphatic heterocycles. The molecule has 2 aliphatic rings. The third-order valence-electron chi connectivity index (χ3n) is 5.48. The normalized spacial score (nSPS) is 23.7. The van der Waals surface area contributed by atoms with E-state index in [4.69, 9.17) is 0 Å². The largest absolute Gasteiger partial charge is 0.341 e. The number of benzene rings is 1. The summed E-state index contributed by atoms with van der Waals surface area (Å²) in [4.78, 5) is 32.0. The van der Waals surface area contributed by atoms with Gasteiger partial charge in [-0.3, -0.25) is 14.5 Å². The Hall–Kier alpha value is -1.60. The number of rotatable bonds is 5. The average molecular weight is 408 g/mol. The van der Waals surface area contributed by atoms with Gasteiger partial charge in [-0.15, -0.1) is 11.8 Å². The molecule has 0 bridgehead atoms. The van der Waals surface area contributed by atoms with Gasteiger partial charge in [0.25, 0.3) is 0 Å². The first-order valence-electron chi connectivity index (χ1n) is 10.1. The monoisotopic (exact) mass is 407 g/mol. The van der Waals surface area contributed by atoms with Crippen LogP contribution in [0.3, 0.4) is 0 Å². The van der Waals surface area contributed by atoms with E-state index in [1.807, 2.05) is 9.80 Å². The number of piperidine rings is 1. The Kier molecular flexibility index (Phi) is 7.35. The van der Waals surface area contributed by atoms with E-state index in [1.165, 1.54) is 30.3 Å². The van der Waals surface area contributed by atoms with Crippen LogP contribution < -0.4 is 0 Å². The SMILES string of the molecule is CC1CC(C)CN(C(=O)CN2CCN(C(=O)CSc3ccc(F)cc3)CC2)C1. The highest BCUT2D eigenvalue weighted by Gasteiger charge is 2.28. The second kappa shape index (κ2) is 9.74. The van der Waals surface area contributed by atoms with Crippen LogP contribution in [0.25, 0.3) is 0 Å². The van der Waals surface area contributed by atoms with E-state index in [9.17, 15) is 14.0 Å². The summed E-state index contributed by atoms with van der Waals surface area (Å²) in [5.41, 5.74) is 0. The van der Waals surface area contributed by atoms with Crippen molar-refractivity contribution in [3.63, 3.8) is 0 Å². The van der Waals surface area contributed by atoms with Crippen molar-refractivity contribution in [3.05, 3.63) is 30.1 Å². The summed E-state index contributed by atoms with van der Waals surface area (Å²) in [6.07, 6.45) is 1.19. The quantitative estimate of drug-likeness (QED) is 0.704. The number of carbonyl (C=O) groups excluding carboxylic acids is 2. The molecule has 2 fully saturated rings. The Balaban J connectivity index is 1.39. The number of halogens is 1. The molecule has 2 atom stereocenters. The Labute approximate surface area is 171 Å². The number of amides is 2. The molecule has 1 aromatic rings. The Morgan fingerprint density at radius 1 is 0.964 bits per heavy atom. The number of thioether (sulfide) groups is 1. The molecule has 0 saturated carbocycles. The molecular formula is C21H30FN3O2S. The van der Waals surface area contributed by atoms with Crippen LogP contribution in [0.5, 0.6) is 0 Å². The van der Waals surface area contributed by atoms with Crippen LogP contribution >= 0.6 is 11.8 Å². The number of carbonyl (C=O) groups is 2. The molecule has 0 spiro atoms. The number of hydrogen-bond donors (Lipinski definition) is 0. The molecule has 28 heavy (non-hydrogen) atoms. The molecule has 154 valence electrons. The molecular weight excluding hydrogens is 377 g/mol. The maximum atomic E-state index is 12.9. The molecule has 5 nitrogen and oxygen atoms in total. The predicted molar refractivity (Wildman–Crippen MR) is 110 cm³/mol. The van der Waals surface area contributed by atoms with Gasteiger partial charge in [-0.05, 0) is 42.5 Å². The standard InChI is InChI=1S/C21H30FN3O2S/c1-16-11-17(2)13-25(12-16)20(26)14-23-7-9-24(10-8-23)21(27)15-28-19-5-3-18(22)4-6-19/h3-6,16-17H,7-15H2,1-2H3. The Bertz CT molecular complexity index is 667. The molecule has 2 heterocycles. The fourth-order valence-corrected chi connectivity index (χ4v) is 4.88. The zero-order chi connectivity index (χ0) is 20.1. The van der Waals surface area contributed by atoms with Gasteiger partial charge in [0.05, 0.1) is 12.3 Å². The van der Waals surface area contributed by atoms with Crippen LogP contribution in [0.4, 0.5) is 4.39 Å². The van der Waals surface area contributed by atoms with Crippen molar-refractivity contribution in [1.82, 2.24) is 14.7 Å². The second-order valence-corrected chi connectivity index (χ2v) is 9.19. The van der Waals surface area contributed by atoms with Crippen molar-refractivity contribution >= 4 is 23.6 Å². The number of piperazine rings is 1. The van der Waals surface area contributed by atoms with Gasteiger partial charge in [-0.1, -0.05) is 13.8 Å². The minimum absolute atomic E-state index is 0.0963. The minimum atomic E-state index is -0.269. The molecule has 0 aliphatic carbocycles. The van der Waals surface area contributed by atoms with Crippen LogP contribution in [0.15, 0.2) is 29.2 Å². The maximum Gasteiger partial charge on any atom is 0.236 e. The van der Waals surface area contributed by atoms with E-state index >= 15 is 0 Å². The molecule has 2 saturated heterocycles. The van der Waals surface area contributed by atoms with Gasteiger partial charge >= 0.3 is 0 Å². The van der Waals surface area contributed by atoms with Crippen molar-refractivity contribution < 1.29 is 14.0 Å². The fourth-order valence-electron chi connectivity index (χ4n) is 4.08. The van der Waals surface area contributed by atoms with Crippen molar-refractivity contribution in [2.24, 2.45) is 11.8 Å². The topological polar surface area (TPSA) is 43.9 Å². The van der Waals surface area contributed by atoms with Crippen LogP contribution in [0, 0.1) is 17.7 Å².